The normalized spacial score (nSPS) is 10.3. The fourth-order valence-corrected chi connectivity index (χ4v) is 2.39. The predicted molar refractivity (Wildman–Crippen MR) is 95.6 cm³/mol. The van der Waals surface area contributed by atoms with Crippen molar-refractivity contribution in [1.29, 1.82) is 0 Å². The van der Waals surface area contributed by atoms with Crippen molar-refractivity contribution in [2.45, 2.75) is 13.5 Å². The molecule has 27 heavy (non-hydrogen) atoms. The zero-order chi connectivity index (χ0) is 19.2. The van der Waals surface area contributed by atoms with Gasteiger partial charge in [0.1, 0.15) is 23.9 Å². The molecule has 0 saturated heterocycles. The third kappa shape index (κ3) is 4.52. The Morgan fingerprint density at radius 1 is 0.963 bits per heavy atom. The van der Waals surface area contributed by atoms with Gasteiger partial charge in [-0.1, -0.05) is 24.3 Å². The molecule has 1 aromatic heterocycles. The number of benzene rings is 2. The van der Waals surface area contributed by atoms with Gasteiger partial charge in [-0.05, 0) is 42.8 Å². The number of halogens is 1. The van der Waals surface area contributed by atoms with E-state index in [-0.39, 0.29) is 18.0 Å². The minimum atomic E-state index is -0.529. The monoisotopic (exact) mass is 368 g/mol. The lowest BCUT2D eigenvalue weighted by atomic mass is 10.2. The van der Waals surface area contributed by atoms with Crippen molar-refractivity contribution in [3.8, 4) is 5.75 Å². The molecule has 0 aliphatic rings. The van der Waals surface area contributed by atoms with Crippen molar-refractivity contribution in [2.75, 3.05) is 0 Å². The van der Waals surface area contributed by atoms with E-state index in [1.54, 1.807) is 43.3 Å². The Bertz CT molecular complexity index is 951. The van der Waals surface area contributed by atoms with Gasteiger partial charge in [0.05, 0.1) is 17.4 Å². The molecule has 2 amide bonds. The standard InChI is InChI=1S/C20H17FN2O4/c1-13-16(10-11-26-13)19(24)22-23-20(25)17-4-2-3-5-18(17)27-12-14-6-8-15(21)9-7-14/h2-11H,12H2,1H3,(H,22,24)(H,23,25). The number of aryl methyl sites for hydroxylation is 1. The van der Waals surface area contributed by atoms with E-state index in [1.807, 2.05) is 0 Å². The van der Waals surface area contributed by atoms with Crippen molar-refractivity contribution >= 4 is 11.8 Å². The van der Waals surface area contributed by atoms with Crippen LogP contribution in [0.3, 0.4) is 0 Å². The van der Waals surface area contributed by atoms with E-state index in [1.165, 1.54) is 24.5 Å². The van der Waals surface area contributed by atoms with Gasteiger partial charge in [0.15, 0.2) is 0 Å². The fraction of sp³-hybridized carbons (Fsp3) is 0.100. The van der Waals surface area contributed by atoms with Gasteiger partial charge in [-0.25, -0.2) is 4.39 Å². The summed E-state index contributed by atoms with van der Waals surface area (Å²) < 4.78 is 23.7. The van der Waals surface area contributed by atoms with Crippen LogP contribution in [0, 0.1) is 12.7 Å². The second-order valence-corrected chi connectivity index (χ2v) is 5.71. The van der Waals surface area contributed by atoms with Crippen molar-refractivity contribution in [2.24, 2.45) is 0 Å². The molecular formula is C20H17FN2O4. The predicted octanol–water partition coefficient (Wildman–Crippen LogP) is 3.38. The average molecular weight is 368 g/mol. The van der Waals surface area contributed by atoms with Gasteiger partial charge in [-0.15, -0.1) is 0 Å². The van der Waals surface area contributed by atoms with Crippen LogP contribution >= 0.6 is 0 Å². The van der Waals surface area contributed by atoms with Crippen molar-refractivity contribution in [3.63, 3.8) is 0 Å². The minimum absolute atomic E-state index is 0.172. The van der Waals surface area contributed by atoms with Crippen LogP contribution in [0.5, 0.6) is 5.75 Å². The van der Waals surface area contributed by atoms with Crippen LogP contribution in [-0.2, 0) is 6.61 Å². The zero-order valence-corrected chi connectivity index (χ0v) is 14.5. The fourth-order valence-electron chi connectivity index (χ4n) is 2.39. The van der Waals surface area contributed by atoms with Gasteiger partial charge in [-0.3, -0.25) is 20.4 Å². The quantitative estimate of drug-likeness (QED) is 0.677. The highest BCUT2D eigenvalue weighted by Crippen LogP contribution is 2.19. The van der Waals surface area contributed by atoms with E-state index >= 15 is 0 Å². The summed E-state index contributed by atoms with van der Waals surface area (Å²) in [6, 6.07) is 14.0. The van der Waals surface area contributed by atoms with E-state index in [4.69, 9.17) is 9.15 Å². The summed E-state index contributed by atoms with van der Waals surface area (Å²) in [4.78, 5) is 24.4. The smallest absolute Gasteiger partial charge is 0.273 e. The Morgan fingerprint density at radius 2 is 1.63 bits per heavy atom. The van der Waals surface area contributed by atoms with Gasteiger partial charge in [0.2, 0.25) is 0 Å². The Labute approximate surface area is 154 Å². The van der Waals surface area contributed by atoms with Crippen LogP contribution in [-0.4, -0.2) is 11.8 Å². The average Bonchev–Trinajstić information content (AvgIpc) is 3.11. The number of hydrogen-bond acceptors (Lipinski definition) is 4. The highest BCUT2D eigenvalue weighted by Gasteiger charge is 2.15. The first-order chi connectivity index (χ1) is 13.0. The lowest BCUT2D eigenvalue weighted by Crippen LogP contribution is -2.41. The summed E-state index contributed by atoms with van der Waals surface area (Å²) in [5.41, 5.74) is 6.03. The van der Waals surface area contributed by atoms with E-state index < -0.39 is 11.8 Å². The van der Waals surface area contributed by atoms with Gasteiger partial charge in [0.25, 0.3) is 11.8 Å². The first-order valence-corrected chi connectivity index (χ1v) is 8.15. The first-order valence-electron chi connectivity index (χ1n) is 8.15. The summed E-state index contributed by atoms with van der Waals surface area (Å²) in [5, 5.41) is 0. The number of hydrogen-bond donors (Lipinski definition) is 2. The number of hydrazine groups is 1. The first kappa shape index (κ1) is 18.2. The molecular weight excluding hydrogens is 351 g/mol. The van der Waals surface area contributed by atoms with Gasteiger partial charge < -0.3 is 9.15 Å². The second kappa shape index (κ2) is 8.18. The lowest BCUT2D eigenvalue weighted by molar-refractivity contribution is 0.0843. The molecule has 0 bridgehead atoms. The molecule has 1 heterocycles. The molecule has 0 saturated carbocycles. The molecule has 0 fully saturated rings. The maximum absolute atomic E-state index is 13.0. The Morgan fingerprint density at radius 3 is 2.30 bits per heavy atom. The molecule has 0 aliphatic carbocycles. The number of furan rings is 1. The van der Waals surface area contributed by atoms with Crippen LogP contribution in [0.2, 0.25) is 0 Å². The van der Waals surface area contributed by atoms with Crippen molar-refractivity contribution in [1.82, 2.24) is 10.9 Å². The Balaban J connectivity index is 1.64. The number of carbonyl (C=O) groups is 2. The van der Waals surface area contributed by atoms with E-state index in [9.17, 15) is 14.0 Å². The summed E-state index contributed by atoms with van der Waals surface area (Å²) >= 11 is 0. The molecule has 0 radical (unpaired) electrons. The van der Waals surface area contributed by atoms with Crippen molar-refractivity contribution in [3.05, 3.63) is 89.1 Å². The molecule has 0 atom stereocenters. The second-order valence-electron chi connectivity index (χ2n) is 5.71. The molecule has 138 valence electrons. The zero-order valence-electron chi connectivity index (χ0n) is 14.5. The van der Waals surface area contributed by atoms with Gasteiger partial charge >= 0.3 is 0 Å². The number of rotatable bonds is 5. The Kier molecular flexibility index (Phi) is 5.51. The summed E-state index contributed by atoms with van der Waals surface area (Å²) in [5.74, 6) is -0.557. The van der Waals surface area contributed by atoms with Crippen LogP contribution in [0.15, 0.2) is 65.3 Å². The summed E-state index contributed by atoms with van der Waals surface area (Å²) in [7, 11) is 0. The molecule has 2 aromatic carbocycles. The molecule has 3 rings (SSSR count). The third-order valence-electron chi connectivity index (χ3n) is 3.83. The number of amides is 2. The van der Waals surface area contributed by atoms with Gasteiger partial charge in [-0.2, -0.15) is 0 Å². The van der Waals surface area contributed by atoms with Crippen LogP contribution in [0.25, 0.3) is 0 Å². The largest absolute Gasteiger partial charge is 0.488 e. The molecule has 6 nitrogen and oxygen atoms in total. The van der Waals surface area contributed by atoms with Crippen LogP contribution in [0.1, 0.15) is 32.0 Å². The number of nitrogens with one attached hydrogen (secondary N) is 2. The number of carbonyl (C=O) groups excluding carboxylic acids is 2. The maximum atomic E-state index is 13.0. The maximum Gasteiger partial charge on any atom is 0.273 e. The molecule has 2 N–H and O–H groups in total. The van der Waals surface area contributed by atoms with Crippen molar-refractivity contribution < 1.29 is 23.1 Å². The van der Waals surface area contributed by atoms with E-state index in [2.05, 4.69) is 10.9 Å². The lowest BCUT2D eigenvalue weighted by Gasteiger charge is -2.12. The highest BCUT2D eigenvalue weighted by atomic mass is 19.1. The summed E-state index contributed by atoms with van der Waals surface area (Å²) in [6.45, 7) is 1.82. The van der Waals surface area contributed by atoms with E-state index in [0.717, 1.165) is 5.56 Å². The molecule has 7 heteroatoms. The Hall–Kier alpha value is -3.61. The molecule has 0 unspecified atom stereocenters. The summed E-state index contributed by atoms with van der Waals surface area (Å²) in [6.07, 6.45) is 1.39. The number of para-hydroxylation sites is 1. The molecule has 0 spiro atoms. The van der Waals surface area contributed by atoms with Crippen LogP contribution < -0.4 is 15.6 Å². The molecule has 0 aliphatic heterocycles. The van der Waals surface area contributed by atoms with Gasteiger partial charge in [0, 0.05) is 0 Å². The highest BCUT2D eigenvalue weighted by molar-refractivity contribution is 6.00. The molecule has 3 aromatic rings. The SMILES string of the molecule is Cc1occc1C(=O)NNC(=O)c1ccccc1OCc1ccc(F)cc1. The number of ether oxygens (including phenoxy) is 1. The third-order valence-corrected chi connectivity index (χ3v) is 3.83. The van der Waals surface area contributed by atoms with E-state index in [0.29, 0.717) is 17.1 Å². The minimum Gasteiger partial charge on any atom is -0.488 e. The topological polar surface area (TPSA) is 80.6 Å². The van der Waals surface area contributed by atoms with Crippen LogP contribution in [0.4, 0.5) is 4.39 Å².